The van der Waals surface area contributed by atoms with Crippen molar-refractivity contribution in [1.29, 1.82) is 5.41 Å². The van der Waals surface area contributed by atoms with E-state index in [1.54, 1.807) is 31.6 Å². The van der Waals surface area contributed by atoms with Gasteiger partial charge in [-0.2, -0.15) is 0 Å². The molecule has 1 aromatic rings. The molecule has 0 aliphatic carbocycles. The summed E-state index contributed by atoms with van der Waals surface area (Å²) in [4.78, 5) is 3.85. The number of allylic oxidation sites excluding steroid dienone is 1. The van der Waals surface area contributed by atoms with E-state index >= 15 is 0 Å². The Kier molecular flexibility index (Phi) is 4.10. The Morgan fingerprint density at radius 1 is 1.71 bits per heavy atom. The zero-order valence-corrected chi connectivity index (χ0v) is 9.85. The number of hydrogen-bond donors (Lipinski definition) is 2. The van der Waals surface area contributed by atoms with Gasteiger partial charge in [-0.1, -0.05) is 11.6 Å². The summed E-state index contributed by atoms with van der Waals surface area (Å²) in [7, 11) is 1.77. The minimum atomic E-state index is 0.364. The highest BCUT2D eigenvalue weighted by Gasteiger charge is 2.05. The Hall–Kier alpha value is -0.870. The van der Waals surface area contributed by atoms with Crippen molar-refractivity contribution in [3.8, 4) is 0 Å². The summed E-state index contributed by atoms with van der Waals surface area (Å²) in [5.41, 5.74) is 1.09. The standard InChI is InChI=1S/C9H9BrClN3/c1-13-5-7(10)9(12)6-2-3-14-8(11)4-6/h2-5,12-13H,1H3/b7-5+,12-9?. The molecule has 1 heterocycles. The number of pyridine rings is 1. The lowest BCUT2D eigenvalue weighted by molar-refractivity contribution is 1.10. The monoisotopic (exact) mass is 273 g/mol. The lowest BCUT2D eigenvalue weighted by atomic mass is 10.1. The van der Waals surface area contributed by atoms with E-state index in [9.17, 15) is 0 Å². The molecule has 0 aliphatic heterocycles. The molecule has 0 amide bonds. The minimum Gasteiger partial charge on any atom is -0.393 e. The fraction of sp³-hybridized carbons (Fsp3) is 0.111. The van der Waals surface area contributed by atoms with E-state index in [4.69, 9.17) is 17.0 Å². The van der Waals surface area contributed by atoms with Crippen molar-refractivity contribution >= 4 is 33.2 Å². The zero-order valence-electron chi connectivity index (χ0n) is 7.51. The maximum atomic E-state index is 7.79. The highest BCUT2D eigenvalue weighted by Crippen LogP contribution is 2.15. The molecular weight excluding hydrogens is 265 g/mol. The Balaban J connectivity index is 2.95. The first kappa shape index (κ1) is 11.2. The number of nitrogens with one attached hydrogen (secondary N) is 2. The lowest BCUT2D eigenvalue weighted by Gasteiger charge is -2.02. The molecule has 0 spiro atoms. The molecular formula is C9H9BrClN3. The molecule has 1 aromatic heterocycles. The van der Waals surface area contributed by atoms with Crippen LogP contribution in [0.1, 0.15) is 5.56 Å². The van der Waals surface area contributed by atoms with E-state index < -0.39 is 0 Å². The molecule has 0 aliphatic rings. The summed E-state index contributed by atoms with van der Waals surface area (Å²) in [6.45, 7) is 0. The van der Waals surface area contributed by atoms with Crippen LogP contribution >= 0.6 is 27.5 Å². The summed E-state index contributed by atoms with van der Waals surface area (Å²) in [5, 5.41) is 11.0. The summed E-state index contributed by atoms with van der Waals surface area (Å²) in [6, 6.07) is 3.38. The molecule has 74 valence electrons. The van der Waals surface area contributed by atoms with Gasteiger partial charge in [-0.3, -0.25) is 5.41 Å². The largest absolute Gasteiger partial charge is 0.393 e. The van der Waals surface area contributed by atoms with Gasteiger partial charge in [0, 0.05) is 25.0 Å². The summed E-state index contributed by atoms with van der Waals surface area (Å²) >= 11 is 8.99. The smallest absolute Gasteiger partial charge is 0.129 e. The quantitative estimate of drug-likeness (QED) is 0.657. The summed E-state index contributed by atoms with van der Waals surface area (Å²) in [6.07, 6.45) is 3.27. The van der Waals surface area contributed by atoms with Crippen LogP contribution in [0, 0.1) is 5.41 Å². The van der Waals surface area contributed by atoms with Crippen LogP contribution in [0.15, 0.2) is 29.0 Å². The fourth-order valence-corrected chi connectivity index (χ4v) is 1.53. The van der Waals surface area contributed by atoms with Crippen LogP contribution in [0.5, 0.6) is 0 Å². The number of hydrogen-bond acceptors (Lipinski definition) is 3. The van der Waals surface area contributed by atoms with Crippen molar-refractivity contribution < 1.29 is 0 Å². The molecule has 0 saturated heterocycles. The van der Waals surface area contributed by atoms with Crippen LogP contribution in [0.3, 0.4) is 0 Å². The van der Waals surface area contributed by atoms with E-state index in [1.807, 2.05) is 0 Å². The van der Waals surface area contributed by atoms with Gasteiger partial charge in [0.2, 0.25) is 0 Å². The molecule has 0 radical (unpaired) electrons. The van der Waals surface area contributed by atoms with E-state index in [0.717, 1.165) is 5.56 Å². The average Bonchev–Trinajstić information content (AvgIpc) is 2.17. The fourth-order valence-electron chi connectivity index (χ4n) is 0.895. The SMILES string of the molecule is CN/C=C(/Br)C(=N)c1ccnc(Cl)c1. The predicted octanol–water partition coefficient (Wildman–Crippen LogP) is 2.56. The van der Waals surface area contributed by atoms with Crippen LogP contribution in [0.4, 0.5) is 0 Å². The molecule has 5 heteroatoms. The third-order valence-electron chi connectivity index (χ3n) is 1.53. The lowest BCUT2D eigenvalue weighted by Crippen LogP contribution is -2.03. The Bertz CT molecular complexity index is 376. The normalized spacial score (nSPS) is 11.2. The third-order valence-corrected chi connectivity index (χ3v) is 2.36. The van der Waals surface area contributed by atoms with Crippen molar-refractivity contribution in [2.75, 3.05) is 7.05 Å². The minimum absolute atomic E-state index is 0.364. The number of nitrogens with zero attached hydrogens (tertiary/aromatic N) is 1. The molecule has 0 unspecified atom stereocenters. The highest BCUT2D eigenvalue weighted by atomic mass is 79.9. The van der Waals surface area contributed by atoms with Gasteiger partial charge in [-0.15, -0.1) is 0 Å². The van der Waals surface area contributed by atoms with E-state index in [2.05, 4.69) is 26.2 Å². The van der Waals surface area contributed by atoms with Gasteiger partial charge in [0.25, 0.3) is 0 Å². The van der Waals surface area contributed by atoms with Crippen molar-refractivity contribution in [2.24, 2.45) is 0 Å². The average molecular weight is 275 g/mol. The maximum Gasteiger partial charge on any atom is 0.129 e. The first-order valence-electron chi connectivity index (χ1n) is 3.89. The van der Waals surface area contributed by atoms with Gasteiger partial charge in [0.1, 0.15) is 5.15 Å². The molecule has 14 heavy (non-hydrogen) atoms. The van der Waals surface area contributed by atoms with E-state index in [-0.39, 0.29) is 0 Å². The van der Waals surface area contributed by atoms with Crippen LogP contribution in [-0.4, -0.2) is 17.7 Å². The van der Waals surface area contributed by atoms with Gasteiger partial charge in [0.05, 0.1) is 10.2 Å². The topological polar surface area (TPSA) is 48.8 Å². The summed E-state index contributed by atoms with van der Waals surface area (Å²) in [5.74, 6) is 0. The first-order chi connectivity index (χ1) is 6.65. The van der Waals surface area contributed by atoms with Gasteiger partial charge in [-0.25, -0.2) is 4.98 Å². The third kappa shape index (κ3) is 2.82. The molecule has 0 saturated carbocycles. The van der Waals surface area contributed by atoms with Crippen LogP contribution in [-0.2, 0) is 0 Å². The van der Waals surface area contributed by atoms with Crippen molar-refractivity contribution in [2.45, 2.75) is 0 Å². The van der Waals surface area contributed by atoms with Gasteiger partial charge in [0.15, 0.2) is 0 Å². The summed E-state index contributed by atoms with van der Waals surface area (Å²) < 4.78 is 0.669. The second-order valence-electron chi connectivity index (χ2n) is 2.52. The van der Waals surface area contributed by atoms with Crippen LogP contribution < -0.4 is 5.32 Å². The van der Waals surface area contributed by atoms with E-state index in [1.165, 1.54) is 0 Å². The highest BCUT2D eigenvalue weighted by molar-refractivity contribution is 9.12. The Labute approximate surface area is 95.8 Å². The Morgan fingerprint density at radius 2 is 2.43 bits per heavy atom. The van der Waals surface area contributed by atoms with Gasteiger partial charge >= 0.3 is 0 Å². The van der Waals surface area contributed by atoms with E-state index in [0.29, 0.717) is 15.3 Å². The van der Waals surface area contributed by atoms with Gasteiger partial charge < -0.3 is 5.32 Å². The number of aromatic nitrogens is 1. The van der Waals surface area contributed by atoms with Crippen LogP contribution in [0.25, 0.3) is 0 Å². The first-order valence-corrected chi connectivity index (χ1v) is 5.06. The molecule has 0 bridgehead atoms. The molecule has 0 atom stereocenters. The predicted molar refractivity (Wildman–Crippen MR) is 62.1 cm³/mol. The molecule has 1 rings (SSSR count). The Morgan fingerprint density at radius 3 is 3.00 bits per heavy atom. The molecule has 0 aromatic carbocycles. The number of halogens is 2. The number of rotatable bonds is 3. The maximum absolute atomic E-state index is 7.79. The molecule has 3 nitrogen and oxygen atoms in total. The van der Waals surface area contributed by atoms with Crippen molar-refractivity contribution in [1.82, 2.24) is 10.3 Å². The molecule has 0 fully saturated rings. The van der Waals surface area contributed by atoms with Crippen LogP contribution in [0.2, 0.25) is 5.15 Å². The van der Waals surface area contributed by atoms with Crippen molar-refractivity contribution in [3.05, 3.63) is 39.7 Å². The molecule has 2 N–H and O–H groups in total. The second-order valence-corrected chi connectivity index (χ2v) is 3.76. The zero-order chi connectivity index (χ0) is 10.6. The second kappa shape index (κ2) is 5.12. The van der Waals surface area contributed by atoms with Gasteiger partial charge in [-0.05, 0) is 28.1 Å². The van der Waals surface area contributed by atoms with Crippen molar-refractivity contribution in [3.63, 3.8) is 0 Å².